The molecule has 0 aliphatic carbocycles. The SMILES string of the molecule is COc1ccc(C2=C(c3ccc(OC)cc3)c3nc2nc2nc(nc4[nH]c(nc5nc(nc6[nH]c(n3)c(-c3ccc(OC)cc3)c6-c3ccc(OC)cc3)C(c3ccc(OC)cc3)=C5c3ccc(OC)cc3)c(-c3ccc(OC)cc3)c4-c3ccc(OC)cc3)C(c3ccc(OC)cc3)=C2c2ccc(OC)cc2)cc1. The smallest absolute Gasteiger partial charge is 0.165 e. The number of fused-ring (bicyclic) bond motifs is 10. The molecule has 3 aromatic heterocycles. The molecule has 0 atom stereocenters. The van der Waals surface area contributed by atoms with Crippen molar-refractivity contribution in [1.82, 2.24) is 49.8 Å². The molecule has 110 heavy (non-hydrogen) atoms. The Morgan fingerprint density at radius 2 is 0.273 bits per heavy atom. The highest BCUT2D eigenvalue weighted by Gasteiger charge is 2.34. The lowest BCUT2D eigenvalue weighted by Gasteiger charge is -2.11. The first-order valence-corrected chi connectivity index (χ1v) is 35.2. The molecule has 0 amide bonds. The van der Waals surface area contributed by atoms with Crippen molar-refractivity contribution in [3.8, 4) is 102 Å². The summed E-state index contributed by atoms with van der Waals surface area (Å²) in [6, 6.07) is 78.4. The first kappa shape index (κ1) is 69.9. The number of methoxy groups -OCH3 is 10. The third kappa shape index (κ3) is 13.3. The second kappa shape index (κ2) is 30.2. The van der Waals surface area contributed by atoms with E-state index in [2.05, 4.69) is 9.97 Å². The fraction of sp³-hybridized carbons (Fsp3) is 0.111. The van der Waals surface area contributed by atoms with Gasteiger partial charge in [0.15, 0.2) is 34.9 Å². The molecule has 10 aromatic carbocycles. The van der Waals surface area contributed by atoms with Crippen LogP contribution in [0, 0.1) is 0 Å². The summed E-state index contributed by atoms with van der Waals surface area (Å²) in [6.07, 6.45) is 0. The van der Waals surface area contributed by atoms with Crippen LogP contribution < -0.4 is 47.4 Å². The summed E-state index contributed by atoms with van der Waals surface area (Å²) >= 11 is 0. The number of hydrogen-bond donors (Lipinski definition) is 2. The second-order valence-corrected chi connectivity index (χ2v) is 25.5. The lowest BCUT2D eigenvalue weighted by Crippen LogP contribution is -1.97. The van der Waals surface area contributed by atoms with Gasteiger partial charge in [0.2, 0.25) is 0 Å². The van der Waals surface area contributed by atoms with Gasteiger partial charge in [0.25, 0.3) is 0 Å². The summed E-state index contributed by atoms with van der Waals surface area (Å²) in [5.41, 5.74) is 15.5. The van der Waals surface area contributed by atoms with Crippen LogP contribution in [0.15, 0.2) is 243 Å². The van der Waals surface area contributed by atoms with Crippen LogP contribution in [0.3, 0.4) is 0 Å². The predicted octanol–water partition coefficient (Wildman–Crippen LogP) is 17.9. The minimum absolute atomic E-state index is 0.275. The summed E-state index contributed by atoms with van der Waals surface area (Å²) in [4.78, 5) is 53.9. The van der Waals surface area contributed by atoms with Crippen molar-refractivity contribution in [2.75, 3.05) is 71.1 Å². The number of nitrogens with zero attached hydrogens (tertiary/aromatic N) is 8. The molecule has 0 radical (unpaired) electrons. The number of aromatic nitrogens is 10. The number of ether oxygens (including phenoxy) is 10. The van der Waals surface area contributed by atoms with Crippen LogP contribution in [0.4, 0.5) is 0 Å². The number of hydrogen-bond acceptors (Lipinski definition) is 18. The Labute approximate surface area is 634 Å². The highest BCUT2D eigenvalue weighted by Crippen LogP contribution is 2.48. The van der Waals surface area contributed by atoms with Crippen molar-refractivity contribution in [2.24, 2.45) is 0 Å². The number of benzene rings is 10. The van der Waals surface area contributed by atoms with Gasteiger partial charge in [0.1, 0.15) is 80.1 Å². The molecule has 0 fully saturated rings. The predicted molar refractivity (Wildman–Crippen MR) is 426 cm³/mol. The molecule has 542 valence electrons. The van der Waals surface area contributed by atoms with E-state index >= 15 is 0 Å². The van der Waals surface area contributed by atoms with Gasteiger partial charge >= 0.3 is 0 Å². The monoisotopic (exact) mass is 1450 g/mol. The molecule has 3 aliphatic rings. The summed E-state index contributed by atoms with van der Waals surface area (Å²) in [6.45, 7) is 0. The van der Waals surface area contributed by atoms with Crippen molar-refractivity contribution in [2.45, 2.75) is 0 Å². The molecule has 20 nitrogen and oxygen atoms in total. The maximum atomic E-state index is 5.84. The van der Waals surface area contributed by atoms with Crippen LogP contribution in [-0.4, -0.2) is 121 Å². The van der Waals surface area contributed by atoms with Gasteiger partial charge in [0, 0.05) is 55.7 Å². The van der Waals surface area contributed by atoms with E-state index in [0.717, 1.165) is 55.6 Å². The van der Waals surface area contributed by atoms with E-state index in [4.69, 9.17) is 87.2 Å². The van der Waals surface area contributed by atoms with Gasteiger partial charge in [-0.2, -0.15) is 0 Å². The van der Waals surface area contributed by atoms with Gasteiger partial charge in [-0.1, -0.05) is 121 Å². The van der Waals surface area contributed by atoms with Crippen molar-refractivity contribution >= 4 is 56.0 Å². The summed E-state index contributed by atoms with van der Waals surface area (Å²) in [7, 11) is 16.4. The summed E-state index contributed by atoms with van der Waals surface area (Å²) < 4.78 is 58.3. The maximum Gasteiger partial charge on any atom is 0.165 e. The molecular weight excluding hydrogens is 1380 g/mol. The third-order valence-corrected chi connectivity index (χ3v) is 19.5. The highest BCUT2D eigenvalue weighted by atomic mass is 16.5. The van der Waals surface area contributed by atoms with E-state index in [-0.39, 0.29) is 23.3 Å². The Hall–Kier alpha value is -14.4. The Morgan fingerprint density at radius 3 is 0.400 bits per heavy atom. The average molecular weight is 1450 g/mol. The maximum absolute atomic E-state index is 5.84. The fourth-order valence-electron chi connectivity index (χ4n) is 13.9. The first-order valence-electron chi connectivity index (χ1n) is 35.2. The molecule has 13 aromatic rings. The van der Waals surface area contributed by atoms with Crippen LogP contribution in [0.5, 0.6) is 57.5 Å². The Morgan fingerprint density at radius 1 is 0.155 bits per heavy atom. The molecule has 0 spiro atoms. The van der Waals surface area contributed by atoms with Crippen molar-refractivity contribution < 1.29 is 47.4 Å². The topological polar surface area (TPSA) is 227 Å². The minimum atomic E-state index is 0.275. The lowest BCUT2D eigenvalue weighted by molar-refractivity contribution is 0.414. The van der Waals surface area contributed by atoms with E-state index in [1.54, 1.807) is 71.1 Å². The molecule has 16 rings (SSSR count). The van der Waals surface area contributed by atoms with Crippen LogP contribution in [0.25, 0.3) is 101 Å². The molecule has 10 bridgehead atoms. The zero-order valence-electron chi connectivity index (χ0n) is 61.8. The Kier molecular flexibility index (Phi) is 19.2. The number of rotatable bonds is 20. The lowest BCUT2D eigenvalue weighted by atomic mass is 9.94. The van der Waals surface area contributed by atoms with Crippen molar-refractivity contribution in [1.29, 1.82) is 0 Å². The van der Waals surface area contributed by atoms with Crippen molar-refractivity contribution in [3.05, 3.63) is 311 Å². The number of H-pyrrole nitrogens is 2. The Bertz CT molecular complexity index is 5640. The molecule has 0 saturated carbocycles. The number of nitrogens with one attached hydrogen (secondary N) is 2. The molecule has 0 unspecified atom stereocenters. The normalized spacial score (nSPS) is 12.2. The number of aromatic amines is 2. The van der Waals surface area contributed by atoms with Crippen LogP contribution in [0.1, 0.15) is 68.3 Å². The molecule has 0 saturated heterocycles. The fourth-order valence-corrected chi connectivity index (χ4v) is 13.9. The van der Waals surface area contributed by atoms with Gasteiger partial charge in [0.05, 0.1) is 71.1 Å². The molecule has 20 heteroatoms. The highest BCUT2D eigenvalue weighted by molar-refractivity contribution is 6.10. The zero-order valence-corrected chi connectivity index (χ0v) is 61.8. The van der Waals surface area contributed by atoms with Gasteiger partial charge in [-0.15, -0.1) is 0 Å². The molecule has 2 N–H and O–H groups in total. The minimum Gasteiger partial charge on any atom is -0.497 e. The second-order valence-electron chi connectivity index (χ2n) is 25.5. The van der Waals surface area contributed by atoms with Crippen LogP contribution >= 0.6 is 0 Å². The Balaban J connectivity index is 1.18. The van der Waals surface area contributed by atoms with Crippen LogP contribution in [0.2, 0.25) is 0 Å². The summed E-state index contributed by atoms with van der Waals surface area (Å²) in [5.74, 6) is 8.16. The van der Waals surface area contributed by atoms with Gasteiger partial charge in [-0.25, -0.2) is 39.9 Å². The molecular formula is C90H72N10O10. The van der Waals surface area contributed by atoms with E-state index in [1.807, 2.05) is 243 Å². The molecule has 3 aliphatic heterocycles. The van der Waals surface area contributed by atoms with Gasteiger partial charge in [-0.3, -0.25) is 0 Å². The average Bonchev–Trinajstić information content (AvgIpc) is 1.59. The summed E-state index contributed by atoms with van der Waals surface area (Å²) in [5, 5.41) is 0. The van der Waals surface area contributed by atoms with Gasteiger partial charge in [-0.05, 0) is 177 Å². The molecule has 6 heterocycles. The third-order valence-electron chi connectivity index (χ3n) is 19.5. The quantitative estimate of drug-likeness (QED) is 0.0723. The standard InChI is InChI=1S/C90H72N10O10/c1-101-61-31-11-51(12-32-61)71-72(52-13-33-62(102-2)34-14-52)82-91-81(71)96-83-73(53-15-35-63(103-3)36-16-53)74(54-17-37-64(104-4)38-18-54)85(92-83)98-87-77(57-23-43-67(107-7)44-24-57)78(58-25-45-68(108-8)46-26-58)89(94-87)100-90-80(60-29-49-70(110-10)50-30-60)79(59-27-47-69(109-9)48-28-59)88(95-90)99-86-76(56-21-41-66(106-6)42-22-56)75(84(93-86)97-82)55-19-39-65(105-5)40-20-55/h11-50H,1-10H3,(H2,91,92,93,94,95,96,97,98,99,100). The van der Waals surface area contributed by atoms with E-state index in [1.165, 1.54) is 0 Å². The van der Waals surface area contributed by atoms with E-state index in [0.29, 0.717) is 147 Å². The van der Waals surface area contributed by atoms with E-state index in [9.17, 15) is 0 Å². The van der Waals surface area contributed by atoms with Crippen molar-refractivity contribution in [3.63, 3.8) is 0 Å². The van der Waals surface area contributed by atoms with Gasteiger partial charge < -0.3 is 57.3 Å². The first-order chi connectivity index (χ1) is 54.0. The van der Waals surface area contributed by atoms with Crippen LogP contribution in [-0.2, 0) is 0 Å². The van der Waals surface area contributed by atoms with E-state index < -0.39 is 0 Å². The largest absolute Gasteiger partial charge is 0.497 e. The zero-order chi connectivity index (χ0) is 75.5.